The minimum Gasteiger partial charge on any atom is -0.381 e. The zero-order chi connectivity index (χ0) is 19.0. The standard InChI is InChI=1S/C20H26N4O2S/c1-26-14-6-8-23(9-7-14)18-3-2-15(20(21)25)19-16(18)12-17(22-19)13-4-10-24(27)11-5-13/h2-4,12,14,22,27H,5-11H2,1H3,(H2,21,25). The van der Waals surface area contributed by atoms with E-state index >= 15 is 0 Å². The number of fused-ring (bicyclic) bond motifs is 1. The molecule has 0 atom stereocenters. The number of carbonyl (C=O) groups is 1. The smallest absolute Gasteiger partial charge is 0.250 e. The molecule has 27 heavy (non-hydrogen) atoms. The Morgan fingerprint density at radius 2 is 2.07 bits per heavy atom. The van der Waals surface area contributed by atoms with Crippen molar-refractivity contribution in [2.75, 3.05) is 38.2 Å². The normalized spacial score (nSPS) is 19.5. The second kappa shape index (κ2) is 7.58. The second-order valence-electron chi connectivity index (χ2n) is 7.28. The van der Waals surface area contributed by atoms with Gasteiger partial charge in [-0.1, -0.05) is 18.9 Å². The lowest BCUT2D eigenvalue weighted by molar-refractivity contribution is 0.0819. The highest BCUT2D eigenvalue weighted by molar-refractivity contribution is 7.77. The Balaban J connectivity index is 1.74. The van der Waals surface area contributed by atoms with E-state index in [0.29, 0.717) is 11.7 Å². The summed E-state index contributed by atoms with van der Waals surface area (Å²) in [5, 5.41) is 1.06. The molecular formula is C20H26N4O2S. The van der Waals surface area contributed by atoms with E-state index in [1.165, 1.54) is 5.57 Å². The summed E-state index contributed by atoms with van der Waals surface area (Å²) in [5.41, 5.74) is 10.5. The molecule has 1 aromatic heterocycles. The van der Waals surface area contributed by atoms with E-state index in [2.05, 4.69) is 34.8 Å². The van der Waals surface area contributed by atoms with Crippen LogP contribution in [0.5, 0.6) is 0 Å². The molecule has 0 aliphatic carbocycles. The molecule has 6 nitrogen and oxygen atoms in total. The van der Waals surface area contributed by atoms with E-state index in [4.69, 9.17) is 10.5 Å². The number of nitrogens with one attached hydrogen (secondary N) is 1. The topological polar surface area (TPSA) is 74.6 Å². The molecule has 0 bridgehead atoms. The Labute approximate surface area is 164 Å². The Kier molecular flexibility index (Phi) is 5.16. The van der Waals surface area contributed by atoms with Crippen molar-refractivity contribution in [3.05, 3.63) is 35.5 Å². The third kappa shape index (κ3) is 3.59. The van der Waals surface area contributed by atoms with Gasteiger partial charge in [-0.2, -0.15) is 0 Å². The van der Waals surface area contributed by atoms with Crippen molar-refractivity contribution in [1.29, 1.82) is 0 Å². The number of thiol groups is 1. The van der Waals surface area contributed by atoms with Gasteiger partial charge in [0.05, 0.1) is 17.2 Å². The minimum atomic E-state index is -0.405. The summed E-state index contributed by atoms with van der Waals surface area (Å²) in [6.07, 6.45) is 5.47. The molecule has 1 fully saturated rings. The number of nitrogens with zero attached hydrogens (tertiary/aromatic N) is 2. The van der Waals surface area contributed by atoms with Crippen LogP contribution >= 0.6 is 12.8 Å². The third-order valence-corrected chi connectivity index (χ3v) is 6.05. The van der Waals surface area contributed by atoms with Crippen LogP contribution in [0.2, 0.25) is 0 Å². The van der Waals surface area contributed by atoms with Crippen LogP contribution in [0, 0.1) is 0 Å². The quantitative estimate of drug-likeness (QED) is 0.707. The number of rotatable bonds is 4. The Morgan fingerprint density at radius 1 is 1.30 bits per heavy atom. The van der Waals surface area contributed by atoms with Gasteiger partial charge < -0.3 is 20.4 Å². The van der Waals surface area contributed by atoms with Crippen molar-refractivity contribution in [2.45, 2.75) is 25.4 Å². The molecule has 2 aliphatic rings. The van der Waals surface area contributed by atoms with E-state index in [1.807, 2.05) is 16.4 Å². The maximum Gasteiger partial charge on any atom is 0.250 e. The summed E-state index contributed by atoms with van der Waals surface area (Å²) in [7, 11) is 1.78. The van der Waals surface area contributed by atoms with Crippen molar-refractivity contribution < 1.29 is 9.53 Å². The van der Waals surface area contributed by atoms with Gasteiger partial charge in [0.1, 0.15) is 0 Å². The molecule has 2 aromatic rings. The SMILES string of the molecule is COC1CCN(c2ccc(C(N)=O)c3[nH]c(C4=CCN(S)CC4)cc23)CC1. The molecule has 0 unspecified atom stereocenters. The molecule has 1 saturated heterocycles. The van der Waals surface area contributed by atoms with Crippen LogP contribution in [0.15, 0.2) is 24.3 Å². The first-order chi connectivity index (χ1) is 13.1. The molecule has 2 aliphatic heterocycles. The number of aromatic nitrogens is 1. The first-order valence-corrected chi connectivity index (χ1v) is 9.83. The monoisotopic (exact) mass is 386 g/mol. The van der Waals surface area contributed by atoms with Crippen molar-refractivity contribution in [3.63, 3.8) is 0 Å². The molecule has 1 aromatic carbocycles. The van der Waals surface area contributed by atoms with Gasteiger partial charge in [-0.15, -0.1) is 0 Å². The number of hydrogen-bond donors (Lipinski definition) is 3. The van der Waals surface area contributed by atoms with Crippen LogP contribution < -0.4 is 10.6 Å². The van der Waals surface area contributed by atoms with Gasteiger partial charge in [0.15, 0.2) is 0 Å². The van der Waals surface area contributed by atoms with E-state index in [9.17, 15) is 4.79 Å². The number of H-pyrrole nitrogens is 1. The van der Waals surface area contributed by atoms with Crippen molar-refractivity contribution in [3.8, 4) is 0 Å². The summed E-state index contributed by atoms with van der Waals surface area (Å²) in [6.45, 7) is 3.61. The summed E-state index contributed by atoms with van der Waals surface area (Å²) >= 11 is 4.41. The van der Waals surface area contributed by atoms with Crippen LogP contribution in [-0.2, 0) is 4.74 Å². The number of ether oxygens (including phenoxy) is 1. The summed E-state index contributed by atoms with van der Waals surface area (Å²) in [5.74, 6) is -0.405. The number of aromatic amines is 1. The van der Waals surface area contributed by atoms with Gasteiger partial charge in [0.25, 0.3) is 5.91 Å². The molecule has 0 saturated carbocycles. The van der Waals surface area contributed by atoms with Gasteiger partial charge in [-0.3, -0.25) is 4.79 Å². The number of methoxy groups -OCH3 is 1. The van der Waals surface area contributed by atoms with Crippen LogP contribution in [0.3, 0.4) is 0 Å². The fourth-order valence-corrected chi connectivity index (χ4v) is 4.28. The predicted molar refractivity (Wildman–Crippen MR) is 112 cm³/mol. The van der Waals surface area contributed by atoms with Crippen LogP contribution in [-0.4, -0.2) is 54.6 Å². The molecule has 144 valence electrons. The molecule has 3 N–H and O–H groups in total. The molecule has 1 amide bonds. The first kappa shape index (κ1) is 18.4. The molecule has 4 rings (SSSR count). The Hall–Kier alpha value is -1.96. The van der Waals surface area contributed by atoms with Crippen LogP contribution in [0.25, 0.3) is 16.5 Å². The number of carbonyl (C=O) groups excluding carboxylic acids is 1. The highest BCUT2D eigenvalue weighted by atomic mass is 32.1. The maximum atomic E-state index is 12.0. The largest absolute Gasteiger partial charge is 0.381 e. The second-order valence-corrected chi connectivity index (χ2v) is 7.85. The lowest BCUT2D eigenvalue weighted by Gasteiger charge is -2.33. The van der Waals surface area contributed by atoms with Crippen LogP contribution in [0.1, 0.15) is 35.3 Å². The van der Waals surface area contributed by atoms with Gasteiger partial charge in [0.2, 0.25) is 0 Å². The van der Waals surface area contributed by atoms with E-state index < -0.39 is 5.91 Å². The first-order valence-electron chi connectivity index (χ1n) is 9.43. The molecule has 7 heteroatoms. The highest BCUT2D eigenvalue weighted by Crippen LogP contribution is 2.35. The van der Waals surface area contributed by atoms with Gasteiger partial charge in [0, 0.05) is 50.1 Å². The lowest BCUT2D eigenvalue weighted by Crippen LogP contribution is -2.36. The molecule has 0 spiro atoms. The van der Waals surface area contributed by atoms with E-state index in [1.54, 1.807) is 7.11 Å². The van der Waals surface area contributed by atoms with Crippen molar-refractivity contribution in [1.82, 2.24) is 9.29 Å². The molecule has 3 heterocycles. The van der Waals surface area contributed by atoms with Gasteiger partial charge >= 0.3 is 0 Å². The fourth-order valence-electron chi connectivity index (χ4n) is 4.09. The number of benzene rings is 1. The maximum absolute atomic E-state index is 12.0. The van der Waals surface area contributed by atoms with Gasteiger partial charge in [-0.25, -0.2) is 4.31 Å². The molecular weight excluding hydrogens is 360 g/mol. The average molecular weight is 387 g/mol. The minimum absolute atomic E-state index is 0.333. The summed E-state index contributed by atoms with van der Waals surface area (Å²) < 4.78 is 7.49. The predicted octanol–water partition coefficient (Wildman–Crippen LogP) is 2.82. The fraction of sp³-hybridized carbons (Fsp3) is 0.450. The highest BCUT2D eigenvalue weighted by Gasteiger charge is 2.23. The summed E-state index contributed by atoms with van der Waals surface area (Å²) in [6, 6.07) is 6.03. The number of nitrogens with two attached hydrogens (primary N) is 1. The number of amides is 1. The Morgan fingerprint density at radius 3 is 2.70 bits per heavy atom. The van der Waals surface area contributed by atoms with Crippen molar-refractivity contribution in [2.24, 2.45) is 5.73 Å². The zero-order valence-electron chi connectivity index (χ0n) is 15.6. The van der Waals surface area contributed by atoms with Gasteiger partial charge in [-0.05, 0) is 43.0 Å². The number of hydrogen-bond acceptors (Lipinski definition) is 5. The number of primary amides is 1. The number of piperidine rings is 1. The lowest BCUT2D eigenvalue weighted by atomic mass is 10.0. The van der Waals surface area contributed by atoms with E-state index in [-0.39, 0.29) is 0 Å². The Bertz CT molecular complexity index is 883. The average Bonchev–Trinajstić information content (AvgIpc) is 3.13. The number of anilines is 1. The zero-order valence-corrected chi connectivity index (χ0v) is 16.5. The van der Waals surface area contributed by atoms with E-state index in [0.717, 1.165) is 67.7 Å². The third-order valence-electron chi connectivity index (χ3n) is 5.69. The summed E-state index contributed by atoms with van der Waals surface area (Å²) in [4.78, 5) is 17.8. The molecule has 0 radical (unpaired) electrons. The van der Waals surface area contributed by atoms with Crippen molar-refractivity contribution >= 4 is 40.9 Å². The van der Waals surface area contributed by atoms with Crippen LogP contribution in [0.4, 0.5) is 5.69 Å².